The molecule has 10 heteroatoms. The predicted octanol–water partition coefficient (Wildman–Crippen LogP) is 1.11. The van der Waals surface area contributed by atoms with E-state index in [-0.39, 0.29) is 17.9 Å². The molecule has 1 spiro atoms. The summed E-state index contributed by atoms with van der Waals surface area (Å²) in [6.45, 7) is 5.59. The topological polar surface area (TPSA) is 109 Å². The average molecular weight is 442 g/mol. The number of rotatable bonds is 8. The van der Waals surface area contributed by atoms with Crippen LogP contribution in [0.1, 0.15) is 35.1 Å². The Labute approximate surface area is 177 Å². The predicted molar refractivity (Wildman–Crippen MR) is 119 cm³/mol. The van der Waals surface area contributed by atoms with Gasteiger partial charge < -0.3 is 10.6 Å². The molecule has 0 saturated carbocycles. The molecule has 162 valence electrons. The molecule has 0 radical (unpaired) electrons. The van der Waals surface area contributed by atoms with Crippen LogP contribution >= 0.6 is 11.3 Å². The zero-order valence-electron chi connectivity index (χ0n) is 17.2. The van der Waals surface area contributed by atoms with Gasteiger partial charge in [-0.05, 0) is 37.9 Å². The molecule has 0 unspecified atom stereocenters. The quantitative estimate of drug-likeness (QED) is 0.357. The van der Waals surface area contributed by atoms with E-state index >= 15 is 0 Å². The second-order valence-corrected chi connectivity index (χ2v) is 10.7. The van der Waals surface area contributed by atoms with Crippen molar-refractivity contribution in [2.75, 3.05) is 45.6 Å². The number of sulfonamides is 1. The molecule has 0 bridgehead atoms. The van der Waals surface area contributed by atoms with Crippen LogP contribution in [0.5, 0.6) is 0 Å². The van der Waals surface area contributed by atoms with Crippen LogP contribution in [-0.4, -0.2) is 70.8 Å². The van der Waals surface area contributed by atoms with Gasteiger partial charge in [-0.3, -0.25) is 9.89 Å². The zero-order chi connectivity index (χ0) is 20.9. The molecule has 0 amide bonds. The maximum atomic E-state index is 11.4. The van der Waals surface area contributed by atoms with Gasteiger partial charge in [-0.15, -0.1) is 11.3 Å². The Balaban J connectivity index is 1.55. The Morgan fingerprint density at radius 2 is 2.21 bits per heavy atom. The third kappa shape index (κ3) is 5.43. The molecule has 0 aliphatic carbocycles. The summed E-state index contributed by atoms with van der Waals surface area (Å²) in [5.41, 5.74) is 1.91. The first-order valence-corrected chi connectivity index (χ1v) is 12.5. The number of nitrogens with zero attached hydrogens (tertiary/aromatic N) is 3. The van der Waals surface area contributed by atoms with Crippen molar-refractivity contribution in [3.05, 3.63) is 21.4 Å². The van der Waals surface area contributed by atoms with Gasteiger partial charge >= 0.3 is 0 Å². The second-order valence-electron chi connectivity index (χ2n) is 7.45. The molecule has 1 aromatic heterocycles. The third-order valence-electron chi connectivity index (χ3n) is 5.66. The van der Waals surface area contributed by atoms with E-state index in [0.717, 1.165) is 45.4 Å². The molecule has 0 aromatic carbocycles. The van der Waals surface area contributed by atoms with Crippen molar-refractivity contribution >= 4 is 33.3 Å². The fraction of sp³-hybridized carbons (Fsp3) is 0.684. The van der Waals surface area contributed by atoms with Crippen molar-refractivity contribution < 1.29 is 13.2 Å². The first-order chi connectivity index (χ1) is 13.9. The summed E-state index contributed by atoms with van der Waals surface area (Å²) in [6.07, 6.45) is 5.59. The highest BCUT2D eigenvalue weighted by atomic mass is 32.2. The minimum atomic E-state index is -3.25. The van der Waals surface area contributed by atoms with Gasteiger partial charge in [-0.2, -0.15) is 5.10 Å². The minimum Gasteiger partial charge on any atom is -0.370 e. The summed E-state index contributed by atoms with van der Waals surface area (Å²) in [5.74, 6) is 5.47. The number of piperidine rings is 1. The van der Waals surface area contributed by atoms with Gasteiger partial charge in [0.25, 0.3) is 0 Å². The van der Waals surface area contributed by atoms with E-state index < -0.39 is 10.0 Å². The first-order valence-electron chi connectivity index (χ1n) is 10.1. The average Bonchev–Trinajstić information content (AvgIpc) is 3.17. The Morgan fingerprint density at radius 1 is 1.45 bits per heavy atom. The smallest absolute Gasteiger partial charge is 0.213 e. The monoisotopic (exact) mass is 441 g/mol. The lowest BCUT2D eigenvalue weighted by Gasteiger charge is -2.44. The molecule has 1 aromatic rings. The van der Waals surface area contributed by atoms with E-state index in [0.29, 0.717) is 12.3 Å². The number of nitrogens with two attached hydrogens (primary N) is 1. The lowest BCUT2D eigenvalue weighted by Crippen LogP contribution is -2.47. The summed E-state index contributed by atoms with van der Waals surface area (Å²) < 4.78 is 31.5. The fourth-order valence-electron chi connectivity index (χ4n) is 3.92. The molecule has 3 N–H and O–H groups in total. The van der Waals surface area contributed by atoms with E-state index in [1.165, 1.54) is 22.4 Å². The van der Waals surface area contributed by atoms with Crippen molar-refractivity contribution in [1.82, 2.24) is 9.62 Å². The largest absolute Gasteiger partial charge is 0.370 e. The number of hydrogen-bond acceptors (Lipinski definition) is 8. The molecule has 0 atom stereocenters. The van der Waals surface area contributed by atoms with Gasteiger partial charge in [0, 0.05) is 42.0 Å². The van der Waals surface area contributed by atoms with Crippen LogP contribution in [0, 0.1) is 0 Å². The Morgan fingerprint density at radius 3 is 2.86 bits per heavy atom. The summed E-state index contributed by atoms with van der Waals surface area (Å²) >= 11 is 1.94. The van der Waals surface area contributed by atoms with Crippen molar-refractivity contribution in [3.63, 3.8) is 0 Å². The maximum absolute atomic E-state index is 11.4. The Kier molecular flexibility index (Phi) is 7.44. The van der Waals surface area contributed by atoms with Crippen LogP contribution in [0.3, 0.4) is 0 Å². The van der Waals surface area contributed by atoms with Crippen LogP contribution in [-0.2, 0) is 33.2 Å². The summed E-state index contributed by atoms with van der Waals surface area (Å²) in [7, 11) is -1.85. The highest BCUT2D eigenvalue weighted by Gasteiger charge is 2.41. The number of likely N-dealkylation sites (tertiary alicyclic amines) is 1. The van der Waals surface area contributed by atoms with Crippen LogP contribution in [0.4, 0.5) is 0 Å². The van der Waals surface area contributed by atoms with Crippen molar-refractivity contribution in [2.24, 2.45) is 15.9 Å². The lowest BCUT2D eigenvalue weighted by molar-refractivity contribution is -0.0953. The first kappa shape index (κ1) is 22.4. The zero-order valence-corrected chi connectivity index (χ0v) is 18.8. The van der Waals surface area contributed by atoms with Gasteiger partial charge in [0.2, 0.25) is 10.0 Å². The molecule has 2 aliphatic rings. The molecule has 8 nitrogen and oxygen atoms in total. The van der Waals surface area contributed by atoms with E-state index in [4.69, 9.17) is 10.6 Å². The highest BCUT2D eigenvalue weighted by Crippen LogP contribution is 2.44. The van der Waals surface area contributed by atoms with Gasteiger partial charge in [-0.1, -0.05) is 6.92 Å². The van der Waals surface area contributed by atoms with Crippen molar-refractivity contribution in [1.29, 1.82) is 0 Å². The minimum absolute atomic E-state index is 0.0514. The Bertz CT molecular complexity index is 855. The van der Waals surface area contributed by atoms with E-state index in [2.05, 4.69) is 32.7 Å². The number of nitrogens with one attached hydrogen (secondary N) is 1. The molecular formula is C19H31N5O3S2. The summed E-state index contributed by atoms with van der Waals surface area (Å²) in [6, 6.07) is 2.35. The van der Waals surface area contributed by atoms with E-state index in [1.807, 2.05) is 11.3 Å². The summed E-state index contributed by atoms with van der Waals surface area (Å²) in [4.78, 5) is 9.40. The van der Waals surface area contributed by atoms with Gasteiger partial charge in [0.05, 0.1) is 30.2 Å². The summed E-state index contributed by atoms with van der Waals surface area (Å²) in [5, 5.41) is 3.82. The van der Waals surface area contributed by atoms with Crippen LogP contribution in [0.15, 0.2) is 16.2 Å². The van der Waals surface area contributed by atoms with Gasteiger partial charge in [0.15, 0.2) is 0 Å². The number of aliphatic imine (C=N–C) groups is 1. The number of aryl methyl sites for hydroxylation is 1. The van der Waals surface area contributed by atoms with Gasteiger partial charge in [0.1, 0.15) is 0 Å². The van der Waals surface area contributed by atoms with E-state index in [1.54, 1.807) is 6.21 Å². The maximum Gasteiger partial charge on any atom is 0.213 e. The Hall–Kier alpha value is -1.33. The van der Waals surface area contributed by atoms with Crippen LogP contribution in [0.2, 0.25) is 0 Å². The molecule has 3 rings (SSSR count). The number of ether oxygens (including phenoxy) is 1. The molecular weight excluding hydrogens is 410 g/mol. The van der Waals surface area contributed by atoms with Crippen molar-refractivity contribution in [3.8, 4) is 0 Å². The second kappa shape index (κ2) is 9.65. The van der Waals surface area contributed by atoms with Crippen LogP contribution < -0.4 is 10.6 Å². The standard InChI is InChI=1S/C19H31N5O3S2/c1-3-16-12-17-18(28-16)4-10-27-19(17)5-8-24(9-6-19)14-15(23-20)13-22-7-11-29(25,26)21-2/h12-13,21H,3-11,14,20H2,1-2H3. The lowest BCUT2D eigenvalue weighted by atomic mass is 9.82. The number of hydrazone groups is 1. The normalized spacial score (nSPS) is 20.4. The molecule has 1 saturated heterocycles. The fourth-order valence-corrected chi connectivity index (χ4v) is 5.65. The third-order valence-corrected chi connectivity index (χ3v) is 8.34. The highest BCUT2D eigenvalue weighted by molar-refractivity contribution is 7.89. The van der Waals surface area contributed by atoms with Crippen LogP contribution in [0.25, 0.3) is 0 Å². The van der Waals surface area contributed by atoms with Crippen molar-refractivity contribution in [2.45, 2.75) is 38.2 Å². The molecule has 1 fully saturated rings. The number of fused-ring (bicyclic) bond motifs is 2. The van der Waals surface area contributed by atoms with E-state index in [9.17, 15) is 8.42 Å². The number of hydrogen-bond donors (Lipinski definition) is 2. The molecule has 29 heavy (non-hydrogen) atoms. The number of thiophene rings is 1. The molecule has 3 heterocycles. The van der Waals surface area contributed by atoms with Gasteiger partial charge in [-0.25, -0.2) is 13.1 Å². The molecule has 2 aliphatic heterocycles. The SMILES string of the molecule is CCc1cc2c(s1)CCOC21CCN(CC(C=NCCS(=O)(=O)NC)=NN)CC1.